The van der Waals surface area contributed by atoms with Crippen LogP contribution in [0.5, 0.6) is 0 Å². The van der Waals surface area contributed by atoms with Gasteiger partial charge in [-0.25, -0.2) is 0 Å². The molecule has 104 valence electrons. The van der Waals surface area contributed by atoms with Crippen LogP contribution in [0.25, 0.3) is 0 Å². The normalized spacial score (nSPS) is 24.0. The lowest BCUT2D eigenvalue weighted by molar-refractivity contribution is 0.0794. The molecule has 0 saturated carbocycles. The molecule has 0 radical (unpaired) electrons. The first-order valence-corrected chi connectivity index (χ1v) is 7.37. The number of aliphatic imine (C=N–C) groups is 1. The van der Waals surface area contributed by atoms with E-state index in [2.05, 4.69) is 35.6 Å². The Bertz CT molecular complexity index is 303. The Hall–Kier alpha value is -0.770. The molecule has 0 aromatic carbocycles. The molecule has 1 fully saturated rings. The molecule has 0 bridgehead atoms. The number of hydrogen-bond acceptors (Lipinski definition) is 4. The van der Waals surface area contributed by atoms with Crippen molar-refractivity contribution >= 4 is 5.96 Å². The van der Waals surface area contributed by atoms with E-state index in [4.69, 9.17) is 5.73 Å². The van der Waals surface area contributed by atoms with Gasteiger partial charge in [0.15, 0.2) is 5.96 Å². The van der Waals surface area contributed by atoms with Gasteiger partial charge in [-0.3, -0.25) is 4.99 Å². The number of hydrogen-bond donors (Lipinski definition) is 1. The van der Waals surface area contributed by atoms with Crippen LogP contribution < -0.4 is 5.73 Å². The second-order valence-corrected chi connectivity index (χ2v) is 6.24. The molecule has 1 saturated heterocycles. The van der Waals surface area contributed by atoms with Crippen molar-refractivity contribution in [1.29, 1.82) is 0 Å². The molecule has 2 aliphatic heterocycles. The molecule has 2 heterocycles. The van der Waals surface area contributed by atoms with Gasteiger partial charge < -0.3 is 15.5 Å². The van der Waals surface area contributed by atoms with Crippen LogP contribution in [-0.4, -0.2) is 54.0 Å². The third-order valence-corrected chi connectivity index (χ3v) is 4.26. The molecule has 0 atom stereocenters. The van der Waals surface area contributed by atoms with Gasteiger partial charge in [-0.2, -0.15) is 0 Å². The van der Waals surface area contributed by atoms with Crippen molar-refractivity contribution < 1.29 is 0 Å². The van der Waals surface area contributed by atoms with Gasteiger partial charge >= 0.3 is 0 Å². The second-order valence-electron chi connectivity index (χ2n) is 6.24. The Morgan fingerprint density at radius 3 is 2.56 bits per heavy atom. The third kappa shape index (κ3) is 2.63. The predicted octanol–water partition coefficient (Wildman–Crippen LogP) is 1.52. The minimum absolute atomic E-state index is 0.235. The van der Waals surface area contributed by atoms with Crippen LogP contribution in [0.1, 0.15) is 40.0 Å². The molecule has 2 aliphatic rings. The van der Waals surface area contributed by atoms with Crippen LogP contribution in [-0.2, 0) is 0 Å². The molecule has 4 heteroatoms. The molecule has 0 amide bonds. The minimum atomic E-state index is 0.235. The quantitative estimate of drug-likeness (QED) is 0.825. The number of nitrogens with zero attached hydrogens (tertiary/aromatic N) is 3. The van der Waals surface area contributed by atoms with E-state index < -0.39 is 0 Å². The molecular weight excluding hydrogens is 224 g/mol. The Labute approximate surface area is 111 Å². The van der Waals surface area contributed by atoms with Crippen molar-refractivity contribution in [3.05, 3.63) is 0 Å². The van der Waals surface area contributed by atoms with Crippen molar-refractivity contribution in [2.24, 2.45) is 16.6 Å². The van der Waals surface area contributed by atoms with Crippen LogP contribution in [0.3, 0.4) is 0 Å². The molecule has 1 spiro atoms. The van der Waals surface area contributed by atoms with Crippen molar-refractivity contribution in [3.8, 4) is 0 Å². The maximum atomic E-state index is 6.09. The summed E-state index contributed by atoms with van der Waals surface area (Å²) in [6.07, 6.45) is 3.68. The van der Waals surface area contributed by atoms with Gasteiger partial charge in [-0.1, -0.05) is 20.8 Å². The zero-order chi connectivity index (χ0) is 13.2. The summed E-state index contributed by atoms with van der Waals surface area (Å²) < 4.78 is 0. The Morgan fingerprint density at radius 1 is 1.33 bits per heavy atom. The average molecular weight is 252 g/mol. The highest BCUT2D eigenvalue weighted by molar-refractivity contribution is 5.81. The third-order valence-electron chi connectivity index (χ3n) is 4.26. The molecule has 4 nitrogen and oxygen atoms in total. The van der Waals surface area contributed by atoms with E-state index in [0.29, 0.717) is 5.92 Å². The maximum Gasteiger partial charge on any atom is 0.191 e. The largest absolute Gasteiger partial charge is 0.370 e. The fourth-order valence-corrected chi connectivity index (χ4v) is 3.23. The highest BCUT2D eigenvalue weighted by Crippen LogP contribution is 2.33. The summed E-state index contributed by atoms with van der Waals surface area (Å²) in [6, 6.07) is 0. The number of guanidine groups is 1. The van der Waals surface area contributed by atoms with Crippen LogP contribution in [0.15, 0.2) is 4.99 Å². The topological polar surface area (TPSA) is 44.9 Å². The van der Waals surface area contributed by atoms with Crippen molar-refractivity contribution in [2.45, 2.75) is 45.6 Å². The molecule has 0 unspecified atom stereocenters. The van der Waals surface area contributed by atoms with Gasteiger partial charge in [0.1, 0.15) is 0 Å². The van der Waals surface area contributed by atoms with E-state index in [0.717, 1.165) is 19.0 Å². The van der Waals surface area contributed by atoms with E-state index in [-0.39, 0.29) is 5.54 Å². The molecule has 2 rings (SSSR count). The summed E-state index contributed by atoms with van der Waals surface area (Å²) in [5.74, 6) is 1.41. The van der Waals surface area contributed by atoms with Crippen molar-refractivity contribution in [1.82, 2.24) is 9.80 Å². The zero-order valence-corrected chi connectivity index (χ0v) is 12.2. The lowest BCUT2D eigenvalue weighted by atomic mass is 9.86. The Kier molecular flexibility index (Phi) is 4.15. The van der Waals surface area contributed by atoms with Gasteiger partial charge in [0.05, 0.1) is 12.1 Å². The monoisotopic (exact) mass is 252 g/mol. The van der Waals surface area contributed by atoms with Gasteiger partial charge in [-0.05, 0) is 31.7 Å². The standard InChI is InChI=1S/C14H28N4/c1-4-7-17-8-5-14(6-9-17)11-16-13(15)18(14)10-12(2)3/h12H,4-11H2,1-3H3,(H2,15,16). The van der Waals surface area contributed by atoms with Gasteiger partial charge in [0.2, 0.25) is 0 Å². The number of piperidine rings is 1. The summed E-state index contributed by atoms with van der Waals surface area (Å²) in [5, 5.41) is 0. The second kappa shape index (κ2) is 5.47. The minimum Gasteiger partial charge on any atom is -0.370 e. The predicted molar refractivity (Wildman–Crippen MR) is 76.7 cm³/mol. The number of rotatable bonds is 4. The fraction of sp³-hybridized carbons (Fsp3) is 0.929. The SMILES string of the molecule is CCCN1CCC2(CC1)CN=C(N)N2CC(C)C. The summed E-state index contributed by atoms with van der Waals surface area (Å²) in [6.45, 7) is 12.4. The van der Waals surface area contributed by atoms with Crippen LogP contribution in [0, 0.1) is 5.92 Å². The van der Waals surface area contributed by atoms with E-state index >= 15 is 0 Å². The summed E-state index contributed by atoms with van der Waals surface area (Å²) in [7, 11) is 0. The summed E-state index contributed by atoms with van der Waals surface area (Å²) in [4.78, 5) is 9.49. The Morgan fingerprint density at radius 2 is 2.00 bits per heavy atom. The molecule has 2 N–H and O–H groups in total. The van der Waals surface area contributed by atoms with E-state index in [1.165, 1.54) is 38.9 Å². The molecule has 0 aromatic heterocycles. The molecule has 0 aliphatic carbocycles. The van der Waals surface area contributed by atoms with Crippen LogP contribution in [0.4, 0.5) is 0 Å². The van der Waals surface area contributed by atoms with Crippen LogP contribution in [0.2, 0.25) is 0 Å². The van der Waals surface area contributed by atoms with E-state index in [1.54, 1.807) is 0 Å². The molecular formula is C14H28N4. The smallest absolute Gasteiger partial charge is 0.191 e. The molecule has 18 heavy (non-hydrogen) atoms. The average Bonchev–Trinajstić information content (AvgIpc) is 2.62. The highest BCUT2D eigenvalue weighted by atomic mass is 15.4. The first kappa shape index (κ1) is 13.7. The lowest BCUT2D eigenvalue weighted by Crippen LogP contribution is -2.58. The van der Waals surface area contributed by atoms with E-state index in [1.807, 2.05) is 0 Å². The fourth-order valence-electron chi connectivity index (χ4n) is 3.23. The highest BCUT2D eigenvalue weighted by Gasteiger charge is 2.44. The van der Waals surface area contributed by atoms with E-state index in [9.17, 15) is 0 Å². The lowest BCUT2D eigenvalue weighted by Gasteiger charge is -2.45. The van der Waals surface area contributed by atoms with Crippen molar-refractivity contribution in [2.75, 3.05) is 32.7 Å². The summed E-state index contributed by atoms with van der Waals surface area (Å²) >= 11 is 0. The first-order chi connectivity index (χ1) is 8.57. The van der Waals surface area contributed by atoms with Crippen LogP contribution >= 0.6 is 0 Å². The first-order valence-electron chi connectivity index (χ1n) is 7.37. The van der Waals surface area contributed by atoms with Gasteiger partial charge in [0, 0.05) is 19.6 Å². The van der Waals surface area contributed by atoms with Gasteiger partial charge in [0.25, 0.3) is 0 Å². The Balaban J connectivity index is 1.99. The van der Waals surface area contributed by atoms with Gasteiger partial charge in [-0.15, -0.1) is 0 Å². The molecule has 0 aromatic rings. The zero-order valence-electron chi connectivity index (χ0n) is 12.2. The van der Waals surface area contributed by atoms with Crippen molar-refractivity contribution in [3.63, 3.8) is 0 Å². The number of likely N-dealkylation sites (tertiary alicyclic amines) is 1. The summed E-state index contributed by atoms with van der Waals surface area (Å²) in [5.41, 5.74) is 6.32. The number of nitrogens with two attached hydrogens (primary N) is 1. The maximum absolute atomic E-state index is 6.09.